The summed E-state index contributed by atoms with van der Waals surface area (Å²) < 4.78 is 0. The Morgan fingerprint density at radius 3 is 2.82 bits per heavy atom. The minimum absolute atomic E-state index is 0.808. The van der Waals surface area contributed by atoms with Gasteiger partial charge in [-0.3, -0.25) is 4.98 Å². The topological polar surface area (TPSA) is 37.8 Å². The van der Waals surface area contributed by atoms with Gasteiger partial charge < -0.3 is 5.32 Å². The standard InChI is InChI=1S/C14H23N3/c1-10-5-4-6-13(7-10)8-16-14-9-15-11(2)12(3)17-14/h9-10,13H,4-8H2,1-3H3,(H,16,17). The molecule has 3 nitrogen and oxygen atoms in total. The lowest BCUT2D eigenvalue weighted by Gasteiger charge is -2.26. The molecule has 0 aliphatic heterocycles. The number of anilines is 1. The summed E-state index contributed by atoms with van der Waals surface area (Å²) in [4.78, 5) is 8.83. The molecule has 0 aromatic carbocycles. The zero-order chi connectivity index (χ0) is 12.3. The summed E-state index contributed by atoms with van der Waals surface area (Å²) in [6, 6.07) is 0. The van der Waals surface area contributed by atoms with Crippen LogP contribution in [0.5, 0.6) is 0 Å². The van der Waals surface area contributed by atoms with Crippen LogP contribution in [0, 0.1) is 25.7 Å². The van der Waals surface area contributed by atoms with Crippen LogP contribution in [0.4, 0.5) is 5.82 Å². The molecule has 1 saturated carbocycles. The minimum atomic E-state index is 0.808. The van der Waals surface area contributed by atoms with Crippen LogP contribution in [-0.4, -0.2) is 16.5 Å². The van der Waals surface area contributed by atoms with Crippen molar-refractivity contribution in [2.75, 3.05) is 11.9 Å². The fraction of sp³-hybridized carbons (Fsp3) is 0.714. The first-order valence-corrected chi connectivity index (χ1v) is 6.69. The van der Waals surface area contributed by atoms with Gasteiger partial charge in [0.25, 0.3) is 0 Å². The van der Waals surface area contributed by atoms with Gasteiger partial charge in [0.2, 0.25) is 0 Å². The molecule has 1 heterocycles. The van der Waals surface area contributed by atoms with Crippen molar-refractivity contribution < 1.29 is 0 Å². The molecule has 1 N–H and O–H groups in total. The maximum atomic E-state index is 4.50. The van der Waals surface area contributed by atoms with E-state index in [0.29, 0.717) is 0 Å². The third-order valence-corrected chi connectivity index (χ3v) is 3.81. The molecular weight excluding hydrogens is 210 g/mol. The highest BCUT2D eigenvalue weighted by atomic mass is 15.0. The molecule has 0 radical (unpaired) electrons. The van der Waals surface area contributed by atoms with Crippen molar-refractivity contribution in [2.45, 2.75) is 46.5 Å². The largest absolute Gasteiger partial charge is 0.369 e. The molecule has 1 aliphatic rings. The van der Waals surface area contributed by atoms with E-state index in [-0.39, 0.29) is 0 Å². The number of aromatic nitrogens is 2. The molecule has 1 aliphatic carbocycles. The molecule has 1 aromatic rings. The molecular formula is C14H23N3. The van der Waals surface area contributed by atoms with Crippen LogP contribution in [-0.2, 0) is 0 Å². The molecule has 17 heavy (non-hydrogen) atoms. The van der Waals surface area contributed by atoms with Crippen LogP contribution in [0.1, 0.15) is 44.0 Å². The quantitative estimate of drug-likeness (QED) is 0.870. The van der Waals surface area contributed by atoms with Crippen molar-refractivity contribution >= 4 is 5.82 Å². The summed E-state index contributed by atoms with van der Waals surface area (Å²) in [5.74, 6) is 2.62. The molecule has 0 bridgehead atoms. The second-order valence-corrected chi connectivity index (χ2v) is 5.44. The number of nitrogens with zero attached hydrogens (tertiary/aromatic N) is 2. The second-order valence-electron chi connectivity index (χ2n) is 5.44. The molecule has 1 aromatic heterocycles. The number of aryl methyl sites for hydroxylation is 2. The smallest absolute Gasteiger partial charge is 0.144 e. The molecule has 0 amide bonds. The van der Waals surface area contributed by atoms with Crippen molar-refractivity contribution in [1.82, 2.24) is 9.97 Å². The second kappa shape index (κ2) is 5.48. The van der Waals surface area contributed by atoms with Gasteiger partial charge in [-0.15, -0.1) is 0 Å². The Labute approximate surface area is 104 Å². The normalized spacial score (nSPS) is 24.6. The average Bonchev–Trinajstić information content (AvgIpc) is 2.31. The Balaban J connectivity index is 1.86. The van der Waals surface area contributed by atoms with Crippen molar-refractivity contribution in [3.8, 4) is 0 Å². The van der Waals surface area contributed by atoms with Gasteiger partial charge in [-0.2, -0.15) is 0 Å². The van der Waals surface area contributed by atoms with E-state index >= 15 is 0 Å². The van der Waals surface area contributed by atoms with Crippen LogP contribution in [0.25, 0.3) is 0 Å². The van der Waals surface area contributed by atoms with Gasteiger partial charge in [-0.1, -0.05) is 19.8 Å². The first kappa shape index (κ1) is 12.3. The Bertz CT molecular complexity index is 376. The summed E-state index contributed by atoms with van der Waals surface area (Å²) in [5.41, 5.74) is 2.04. The van der Waals surface area contributed by atoms with Crippen LogP contribution in [0.3, 0.4) is 0 Å². The van der Waals surface area contributed by atoms with Gasteiger partial charge in [0.15, 0.2) is 0 Å². The van der Waals surface area contributed by atoms with E-state index in [4.69, 9.17) is 0 Å². The average molecular weight is 233 g/mol. The van der Waals surface area contributed by atoms with E-state index in [2.05, 4.69) is 22.2 Å². The van der Waals surface area contributed by atoms with E-state index in [1.54, 1.807) is 0 Å². The predicted octanol–water partition coefficient (Wildman–Crippen LogP) is 3.33. The van der Waals surface area contributed by atoms with Crippen LogP contribution in [0.15, 0.2) is 6.20 Å². The van der Waals surface area contributed by atoms with E-state index in [9.17, 15) is 0 Å². The molecule has 2 atom stereocenters. The van der Waals surface area contributed by atoms with Gasteiger partial charge in [-0.05, 0) is 38.5 Å². The zero-order valence-corrected chi connectivity index (χ0v) is 11.2. The summed E-state index contributed by atoms with van der Waals surface area (Å²) in [5, 5.41) is 3.43. The fourth-order valence-corrected chi connectivity index (χ4v) is 2.62. The van der Waals surface area contributed by atoms with Crippen molar-refractivity contribution in [1.29, 1.82) is 0 Å². The van der Waals surface area contributed by atoms with E-state index < -0.39 is 0 Å². The molecule has 2 rings (SSSR count). The van der Waals surface area contributed by atoms with Crippen LogP contribution in [0.2, 0.25) is 0 Å². The summed E-state index contributed by atoms with van der Waals surface area (Å²) >= 11 is 0. The van der Waals surface area contributed by atoms with Crippen molar-refractivity contribution in [3.63, 3.8) is 0 Å². The zero-order valence-electron chi connectivity index (χ0n) is 11.2. The summed E-state index contributed by atoms with van der Waals surface area (Å²) in [6.07, 6.45) is 7.33. The maximum Gasteiger partial charge on any atom is 0.144 e. The molecule has 0 saturated heterocycles. The Morgan fingerprint density at radius 1 is 1.29 bits per heavy atom. The number of hydrogen-bond donors (Lipinski definition) is 1. The monoisotopic (exact) mass is 233 g/mol. The third-order valence-electron chi connectivity index (χ3n) is 3.81. The predicted molar refractivity (Wildman–Crippen MR) is 71.1 cm³/mol. The van der Waals surface area contributed by atoms with E-state index in [1.165, 1.54) is 25.7 Å². The highest BCUT2D eigenvalue weighted by molar-refractivity contribution is 5.33. The van der Waals surface area contributed by atoms with Crippen LogP contribution >= 0.6 is 0 Å². The highest BCUT2D eigenvalue weighted by Gasteiger charge is 2.18. The summed E-state index contributed by atoms with van der Waals surface area (Å²) in [7, 11) is 0. The molecule has 1 fully saturated rings. The Kier molecular flexibility index (Phi) is 3.97. The van der Waals surface area contributed by atoms with Crippen molar-refractivity contribution in [2.24, 2.45) is 11.8 Å². The maximum absolute atomic E-state index is 4.50. The third kappa shape index (κ3) is 3.42. The highest BCUT2D eigenvalue weighted by Crippen LogP contribution is 2.28. The molecule has 94 valence electrons. The molecule has 3 heteroatoms. The van der Waals surface area contributed by atoms with Gasteiger partial charge in [0.1, 0.15) is 5.82 Å². The molecule has 2 unspecified atom stereocenters. The van der Waals surface area contributed by atoms with Gasteiger partial charge in [0.05, 0.1) is 17.6 Å². The molecule has 0 spiro atoms. The minimum Gasteiger partial charge on any atom is -0.369 e. The SMILES string of the molecule is Cc1ncc(NCC2CCCC(C)C2)nc1C. The first-order chi connectivity index (χ1) is 8.15. The lowest BCUT2D eigenvalue weighted by atomic mass is 9.82. The number of rotatable bonds is 3. The van der Waals surface area contributed by atoms with Gasteiger partial charge in [-0.25, -0.2) is 4.98 Å². The number of hydrogen-bond acceptors (Lipinski definition) is 3. The Hall–Kier alpha value is -1.12. The van der Waals surface area contributed by atoms with Gasteiger partial charge >= 0.3 is 0 Å². The van der Waals surface area contributed by atoms with Crippen molar-refractivity contribution in [3.05, 3.63) is 17.6 Å². The van der Waals surface area contributed by atoms with E-state index in [1.807, 2.05) is 20.0 Å². The Morgan fingerprint density at radius 2 is 2.12 bits per heavy atom. The lowest BCUT2D eigenvalue weighted by molar-refractivity contribution is 0.293. The first-order valence-electron chi connectivity index (χ1n) is 6.69. The summed E-state index contributed by atoms with van der Waals surface area (Å²) in [6.45, 7) is 7.41. The van der Waals surface area contributed by atoms with Gasteiger partial charge in [0, 0.05) is 6.54 Å². The van der Waals surface area contributed by atoms with Crippen LogP contribution < -0.4 is 5.32 Å². The van der Waals surface area contributed by atoms with E-state index in [0.717, 1.165) is 35.6 Å². The fourth-order valence-electron chi connectivity index (χ4n) is 2.62. The lowest BCUT2D eigenvalue weighted by Crippen LogP contribution is -2.21. The number of nitrogens with one attached hydrogen (secondary N) is 1.